The SMILES string of the molecule is COc1cc(/C=N\NC(=O)C2[C@H]3CCCC[C@@H]23)cc(OC)c1OC. The van der Waals surface area contributed by atoms with Crippen molar-refractivity contribution in [2.75, 3.05) is 21.3 Å². The van der Waals surface area contributed by atoms with Crippen LogP contribution in [0.15, 0.2) is 17.2 Å². The molecule has 0 radical (unpaired) electrons. The number of methoxy groups -OCH3 is 3. The molecule has 1 aromatic carbocycles. The molecule has 1 amide bonds. The van der Waals surface area contributed by atoms with Crippen molar-refractivity contribution in [1.82, 2.24) is 5.43 Å². The predicted octanol–water partition coefficient (Wildman–Crippen LogP) is 2.60. The molecule has 2 aliphatic carbocycles. The molecule has 6 nitrogen and oxygen atoms in total. The van der Waals surface area contributed by atoms with Crippen LogP contribution in [-0.2, 0) is 4.79 Å². The summed E-state index contributed by atoms with van der Waals surface area (Å²) in [5, 5.41) is 4.09. The van der Waals surface area contributed by atoms with Crippen LogP contribution in [0.2, 0.25) is 0 Å². The Morgan fingerprint density at radius 1 is 1.08 bits per heavy atom. The number of rotatable bonds is 6. The molecule has 3 rings (SSSR count). The Labute approximate surface area is 142 Å². The van der Waals surface area contributed by atoms with Crippen molar-refractivity contribution in [2.45, 2.75) is 25.7 Å². The second kappa shape index (κ2) is 7.11. The first kappa shape index (κ1) is 16.6. The van der Waals surface area contributed by atoms with Gasteiger partial charge < -0.3 is 14.2 Å². The van der Waals surface area contributed by atoms with E-state index in [0.29, 0.717) is 29.1 Å². The van der Waals surface area contributed by atoms with Gasteiger partial charge in [0.2, 0.25) is 11.7 Å². The van der Waals surface area contributed by atoms with Crippen LogP contribution in [0, 0.1) is 17.8 Å². The lowest BCUT2D eigenvalue weighted by Gasteiger charge is -2.12. The van der Waals surface area contributed by atoms with E-state index in [1.54, 1.807) is 39.7 Å². The Balaban J connectivity index is 1.65. The summed E-state index contributed by atoms with van der Waals surface area (Å²) in [5.41, 5.74) is 3.43. The van der Waals surface area contributed by atoms with E-state index in [4.69, 9.17) is 14.2 Å². The Morgan fingerprint density at radius 2 is 1.67 bits per heavy atom. The number of benzene rings is 1. The van der Waals surface area contributed by atoms with Crippen LogP contribution < -0.4 is 19.6 Å². The number of hydrogen-bond donors (Lipinski definition) is 1. The molecule has 0 spiro atoms. The average Bonchev–Trinajstić information content (AvgIpc) is 3.35. The van der Waals surface area contributed by atoms with E-state index < -0.39 is 0 Å². The highest BCUT2D eigenvalue weighted by atomic mass is 16.5. The zero-order valence-corrected chi connectivity index (χ0v) is 14.4. The number of hydrazone groups is 1. The van der Waals surface area contributed by atoms with Gasteiger partial charge in [-0.1, -0.05) is 12.8 Å². The van der Waals surface area contributed by atoms with Gasteiger partial charge in [-0.25, -0.2) is 5.43 Å². The van der Waals surface area contributed by atoms with E-state index in [-0.39, 0.29) is 11.8 Å². The standard InChI is InChI=1S/C18H24N2O4/c1-22-14-8-11(9-15(23-2)17(14)24-3)10-19-20-18(21)16-12-6-4-5-7-13(12)16/h8-10,12-13,16H,4-7H2,1-3H3,(H,20,21)/b19-10-/t12-,13+,16?. The van der Waals surface area contributed by atoms with Crippen LogP contribution in [0.5, 0.6) is 17.2 Å². The highest BCUT2D eigenvalue weighted by Gasteiger charge is 2.54. The fourth-order valence-electron chi connectivity index (χ4n) is 3.80. The largest absolute Gasteiger partial charge is 0.493 e. The molecule has 2 aliphatic rings. The van der Waals surface area contributed by atoms with Crippen LogP contribution in [0.25, 0.3) is 0 Å². The van der Waals surface area contributed by atoms with Crippen LogP contribution in [-0.4, -0.2) is 33.5 Å². The zero-order chi connectivity index (χ0) is 17.1. The van der Waals surface area contributed by atoms with Gasteiger partial charge in [0.05, 0.1) is 27.5 Å². The van der Waals surface area contributed by atoms with E-state index in [0.717, 1.165) is 5.56 Å². The summed E-state index contributed by atoms with van der Waals surface area (Å²) in [7, 11) is 4.69. The maximum atomic E-state index is 12.2. The summed E-state index contributed by atoms with van der Waals surface area (Å²) in [6.07, 6.45) is 6.45. The Bertz CT molecular complexity index is 607. The zero-order valence-electron chi connectivity index (χ0n) is 14.4. The smallest absolute Gasteiger partial charge is 0.243 e. The van der Waals surface area contributed by atoms with Gasteiger partial charge in [0.15, 0.2) is 11.5 Å². The normalized spacial score (nSPS) is 25.0. The highest BCUT2D eigenvalue weighted by molar-refractivity contribution is 5.86. The molecule has 6 heteroatoms. The van der Waals surface area contributed by atoms with Crippen LogP contribution >= 0.6 is 0 Å². The molecule has 130 valence electrons. The summed E-state index contributed by atoms with van der Waals surface area (Å²) < 4.78 is 15.9. The molecular weight excluding hydrogens is 308 g/mol. The van der Waals surface area contributed by atoms with E-state index >= 15 is 0 Å². The van der Waals surface area contributed by atoms with E-state index in [1.807, 2.05) is 0 Å². The number of ether oxygens (including phenoxy) is 3. The third-order valence-corrected chi connectivity index (χ3v) is 5.03. The Hall–Kier alpha value is -2.24. The number of amides is 1. The molecule has 3 atom stereocenters. The topological polar surface area (TPSA) is 69.2 Å². The number of fused-ring (bicyclic) bond motifs is 1. The third kappa shape index (κ3) is 3.18. The van der Waals surface area contributed by atoms with Crippen molar-refractivity contribution in [1.29, 1.82) is 0 Å². The minimum atomic E-state index is 0.0376. The molecule has 1 N–H and O–H groups in total. The third-order valence-electron chi connectivity index (χ3n) is 5.03. The molecule has 2 saturated carbocycles. The lowest BCUT2D eigenvalue weighted by Crippen LogP contribution is -2.20. The molecule has 0 bridgehead atoms. The molecule has 0 heterocycles. The van der Waals surface area contributed by atoms with Crippen molar-refractivity contribution >= 4 is 12.1 Å². The first-order chi connectivity index (χ1) is 11.7. The minimum absolute atomic E-state index is 0.0376. The summed E-state index contributed by atoms with van der Waals surface area (Å²) in [5.74, 6) is 2.99. The number of carbonyl (C=O) groups is 1. The number of nitrogens with zero attached hydrogens (tertiary/aromatic N) is 1. The summed E-state index contributed by atoms with van der Waals surface area (Å²) in [6.45, 7) is 0. The van der Waals surface area contributed by atoms with Crippen molar-refractivity contribution in [3.63, 3.8) is 0 Å². The van der Waals surface area contributed by atoms with Crippen LogP contribution in [0.4, 0.5) is 0 Å². The summed E-state index contributed by atoms with van der Waals surface area (Å²) in [4.78, 5) is 12.2. The molecular formula is C18H24N2O4. The van der Waals surface area contributed by atoms with Gasteiger partial charge in [-0.05, 0) is 36.8 Å². The van der Waals surface area contributed by atoms with Gasteiger partial charge in [-0.2, -0.15) is 5.10 Å². The van der Waals surface area contributed by atoms with Gasteiger partial charge in [-0.3, -0.25) is 4.79 Å². The number of hydrogen-bond acceptors (Lipinski definition) is 5. The van der Waals surface area contributed by atoms with E-state index in [1.165, 1.54) is 25.7 Å². The van der Waals surface area contributed by atoms with Crippen molar-refractivity contribution in [3.05, 3.63) is 17.7 Å². The average molecular weight is 332 g/mol. The molecule has 0 aliphatic heterocycles. The quantitative estimate of drug-likeness (QED) is 0.642. The monoisotopic (exact) mass is 332 g/mol. The van der Waals surface area contributed by atoms with Gasteiger partial charge in [0, 0.05) is 11.5 Å². The fraction of sp³-hybridized carbons (Fsp3) is 0.556. The Kier molecular flexibility index (Phi) is 4.92. The van der Waals surface area contributed by atoms with E-state index in [2.05, 4.69) is 10.5 Å². The first-order valence-electron chi connectivity index (χ1n) is 8.32. The Morgan fingerprint density at radius 3 is 2.17 bits per heavy atom. The van der Waals surface area contributed by atoms with Crippen LogP contribution in [0.1, 0.15) is 31.2 Å². The van der Waals surface area contributed by atoms with Gasteiger partial charge in [-0.15, -0.1) is 0 Å². The lowest BCUT2D eigenvalue weighted by atomic mass is 10.0. The predicted molar refractivity (Wildman–Crippen MR) is 90.8 cm³/mol. The second-order valence-electron chi connectivity index (χ2n) is 6.33. The van der Waals surface area contributed by atoms with Gasteiger partial charge in [0.25, 0.3) is 0 Å². The minimum Gasteiger partial charge on any atom is -0.493 e. The highest BCUT2D eigenvalue weighted by Crippen LogP contribution is 2.55. The maximum Gasteiger partial charge on any atom is 0.243 e. The lowest BCUT2D eigenvalue weighted by molar-refractivity contribution is -0.122. The molecule has 2 fully saturated rings. The molecule has 0 aromatic heterocycles. The first-order valence-corrected chi connectivity index (χ1v) is 8.32. The molecule has 0 saturated heterocycles. The van der Waals surface area contributed by atoms with Crippen LogP contribution in [0.3, 0.4) is 0 Å². The van der Waals surface area contributed by atoms with Gasteiger partial charge in [0.1, 0.15) is 0 Å². The van der Waals surface area contributed by atoms with Crippen molar-refractivity contribution < 1.29 is 19.0 Å². The molecule has 24 heavy (non-hydrogen) atoms. The van der Waals surface area contributed by atoms with Crippen molar-refractivity contribution in [2.24, 2.45) is 22.9 Å². The maximum absolute atomic E-state index is 12.2. The van der Waals surface area contributed by atoms with Gasteiger partial charge >= 0.3 is 0 Å². The summed E-state index contributed by atoms with van der Waals surface area (Å²) in [6, 6.07) is 3.57. The number of carbonyl (C=O) groups excluding carboxylic acids is 1. The molecule has 1 aromatic rings. The summed E-state index contributed by atoms with van der Waals surface area (Å²) >= 11 is 0. The fourth-order valence-corrected chi connectivity index (χ4v) is 3.80. The molecule has 1 unspecified atom stereocenters. The van der Waals surface area contributed by atoms with Crippen molar-refractivity contribution in [3.8, 4) is 17.2 Å². The second-order valence-corrected chi connectivity index (χ2v) is 6.33. The van der Waals surface area contributed by atoms with E-state index in [9.17, 15) is 4.79 Å². The number of nitrogens with one attached hydrogen (secondary N) is 1.